The summed E-state index contributed by atoms with van der Waals surface area (Å²) in [5.74, 6) is -0.321. The van der Waals surface area contributed by atoms with E-state index in [0.717, 1.165) is 12.8 Å². The zero-order chi connectivity index (χ0) is 13.3. The second-order valence-corrected chi connectivity index (χ2v) is 5.49. The minimum Gasteiger partial charge on any atom is -0.476 e. The van der Waals surface area contributed by atoms with Gasteiger partial charge < -0.3 is 10.4 Å². The lowest BCUT2D eigenvalue weighted by Crippen LogP contribution is -2.42. The molecule has 1 aliphatic rings. The van der Waals surface area contributed by atoms with E-state index in [4.69, 9.17) is 0 Å². The molecular weight excluding hydrogens is 230 g/mol. The maximum Gasteiger partial charge on any atom is 0.356 e. The fourth-order valence-corrected chi connectivity index (χ4v) is 2.09. The number of aromatic nitrogens is 2. The molecule has 2 rings (SSSR count). The number of carboxylic acids is 1. The van der Waals surface area contributed by atoms with Crippen LogP contribution in [0.1, 0.15) is 62.3 Å². The van der Waals surface area contributed by atoms with Gasteiger partial charge in [-0.25, -0.2) is 14.8 Å². The first-order valence-corrected chi connectivity index (χ1v) is 6.30. The van der Waals surface area contributed by atoms with E-state index < -0.39 is 5.97 Å². The van der Waals surface area contributed by atoms with Gasteiger partial charge in [-0.1, -0.05) is 13.8 Å². The fourth-order valence-electron chi connectivity index (χ4n) is 2.09. The van der Waals surface area contributed by atoms with Crippen LogP contribution in [0.5, 0.6) is 0 Å². The summed E-state index contributed by atoms with van der Waals surface area (Å²) in [4.78, 5) is 19.6. The second kappa shape index (κ2) is 4.55. The number of anilines is 1. The van der Waals surface area contributed by atoms with Crippen molar-refractivity contribution in [2.24, 2.45) is 0 Å². The van der Waals surface area contributed by atoms with E-state index >= 15 is 0 Å². The van der Waals surface area contributed by atoms with Crippen LogP contribution in [0.25, 0.3) is 0 Å². The van der Waals surface area contributed by atoms with E-state index in [0.29, 0.717) is 11.5 Å². The molecule has 5 heteroatoms. The van der Waals surface area contributed by atoms with Crippen LogP contribution in [-0.4, -0.2) is 26.6 Å². The van der Waals surface area contributed by atoms with Gasteiger partial charge in [-0.15, -0.1) is 0 Å². The van der Waals surface area contributed by atoms with Gasteiger partial charge in [0.15, 0.2) is 5.69 Å². The van der Waals surface area contributed by atoms with E-state index in [2.05, 4.69) is 22.2 Å². The number of aromatic carboxylic acids is 1. The van der Waals surface area contributed by atoms with Crippen molar-refractivity contribution in [2.75, 3.05) is 5.32 Å². The Morgan fingerprint density at radius 3 is 2.61 bits per heavy atom. The summed E-state index contributed by atoms with van der Waals surface area (Å²) in [5, 5.41) is 12.5. The summed E-state index contributed by atoms with van der Waals surface area (Å²) in [6.45, 7) is 5.99. The normalized spacial score (nSPS) is 17.3. The van der Waals surface area contributed by atoms with Gasteiger partial charge in [0.05, 0.1) is 11.9 Å². The third-order valence-corrected chi connectivity index (χ3v) is 3.42. The molecule has 98 valence electrons. The Balaban J connectivity index is 2.31. The summed E-state index contributed by atoms with van der Waals surface area (Å²) >= 11 is 0. The van der Waals surface area contributed by atoms with Gasteiger partial charge in [0.2, 0.25) is 0 Å². The molecule has 18 heavy (non-hydrogen) atoms. The van der Waals surface area contributed by atoms with Gasteiger partial charge in [-0.05, 0) is 26.2 Å². The Morgan fingerprint density at radius 1 is 1.50 bits per heavy atom. The van der Waals surface area contributed by atoms with Crippen molar-refractivity contribution >= 4 is 11.7 Å². The first kappa shape index (κ1) is 12.8. The Bertz CT molecular complexity index is 467. The largest absolute Gasteiger partial charge is 0.476 e. The minimum absolute atomic E-state index is 0.00704. The zero-order valence-electron chi connectivity index (χ0n) is 11.0. The molecule has 0 unspecified atom stereocenters. The Labute approximate surface area is 107 Å². The van der Waals surface area contributed by atoms with Crippen molar-refractivity contribution in [3.63, 3.8) is 0 Å². The van der Waals surface area contributed by atoms with E-state index in [1.54, 1.807) is 6.20 Å². The minimum atomic E-state index is -1.01. The first-order valence-electron chi connectivity index (χ1n) is 6.30. The molecule has 1 aromatic heterocycles. The molecule has 0 bridgehead atoms. The topological polar surface area (TPSA) is 75.1 Å². The highest BCUT2D eigenvalue weighted by molar-refractivity contribution is 5.91. The van der Waals surface area contributed by atoms with Gasteiger partial charge in [0.1, 0.15) is 5.82 Å². The van der Waals surface area contributed by atoms with Crippen LogP contribution in [0.15, 0.2) is 6.20 Å². The lowest BCUT2D eigenvalue weighted by Gasteiger charge is -2.40. The Morgan fingerprint density at radius 2 is 2.17 bits per heavy atom. The van der Waals surface area contributed by atoms with Gasteiger partial charge in [-0.2, -0.15) is 0 Å². The number of carbonyl (C=O) groups is 1. The van der Waals surface area contributed by atoms with Crippen molar-refractivity contribution in [1.29, 1.82) is 0 Å². The summed E-state index contributed by atoms with van der Waals surface area (Å²) in [6.07, 6.45) is 4.88. The number of hydrogen-bond acceptors (Lipinski definition) is 4. The molecule has 0 spiro atoms. The monoisotopic (exact) mass is 249 g/mol. The second-order valence-electron chi connectivity index (χ2n) is 5.49. The standard InChI is InChI=1S/C13H19N3O2/c1-8(2)11-14-7-9(10(15-11)12(17)18)16-13(3)5-4-6-13/h7-8,16H,4-6H2,1-3H3,(H,17,18). The highest BCUT2D eigenvalue weighted by atomic mass is 16.4. The van der Waals surface area contributed by atoms with Crippen LogP contribution in [0.3, 0.4) is 0 Å². The van der Waals surface area contributed by atoms with Crippen molar-refractivity contribution < 1.29 is 9.90 Å². The number of rotatable bonds is 4. The number of hydrogen-bond donors (Lipinski definition) is 2. The van der Waals surface area contributed by atoms with Crippen LogP contribution in [0.4, 0.5) is 5.69 Å². The Kier molecular flexibility index (Phi) is 3.24. The molecule has 2 N–H and O–H groups in total. The maximum atomic E-state index is 11.3. The lowest BCUT2D eigenvalue weighted by molar-refractivity contribution is 0.0690. The molecule has 1 heterocycles. The molecule has 0 radical (unpaired) electrons. The van der Waals surface area contributed by atoms with Gasteiger partial charge in [0, 0.05) is 11.5 Å². The third kappa shape index (κ3) is 2.44. The summed E-state index contributed by atoms with van der Waals surface area (Å²) in [7, 11) is 0. The number of nitrogens with zero attached hydrogens (tertiary/aromatic N) is 2. The molecule has 1 fully saturated rings. The van der Waals surface area contributed by atoms with Crippen LogP contribution in [0.2, 0.25) is 0 Å². The van der Waals surface area contributed by atoms with Crippen molar-refractivity contribution in [3.8, 4) is 0 Å². The van der Waals surface area contributed by atoms with Gasteiger partial charge in [-0.3, -0.25) is 0 Å². The quantitative estimate of drug-likeness (QED) is 0.858. The summed E-state index contributed by atoms with van der Waals surface area (Å²) < 4.78 is 0. The van der Waals surface area contributed by atoms with Gasteiger partial charge in [0.25, 0.3) is 0 Å². The smallest absolute Gasteiger partial charge is 0.356 e. The van der Waals surface area contributed by atoms with Crippen LogP contribution in [-0.2, 0) is 0 Å². The average Bonchev–Trinajstić information content (AvgIpc) is 2.26. The fraction of sp³-hybridized carbons (Fsp3) is 0.615. The van der Waals surface area contributed by atoms with Crippen molar-refractivity contribution in [1.82, 2.24) is 9.97 Å². The van der Waals surface area contributed by atoms with Crippen LogP contribution >= 0.6 is 0 Å². The summed E-state index contributed by atoms with van der Waals surface area (Å²) in [6, 6.07) is 0. The molecule has 1 aliphatic carbocycles. The van der Waals surface area contributed by atoms with E-state index in [1.165, 1.54) is 6.42 Å². The maximum absolute atomic E-state index is 11.3. The summed E-state index contributed by atoms with van der Waals surface area (Å²) in [5.41, 5.74) is 0.586. The highest BCUT2D eigenvalue weighted by Crippen LogP contribution is 2.35. The van der Waals surface area contributed by atoms with Crippen LogP contribution in [0, 0.1) is 0 Å². The predicted octanol–water partition coefficient (Wildman–Crippen LogP) is 2.65. The molecule has 0 atom stereocenters. The van der Waals surface area contributed by atoms with Gasteiger partial charge >= 0.3 is 5.97 Å². The van der Waals surface area contributed by atoms with Crippen molar-refractivity contribution in [2.45, 2.75) is 51.5 Å². The molecule has 0 saturated heterocycles. The molecule has 1 saturated carbocycles. The number of nitrogens with one attached hydrogen (secondary N) is 1. The predicted molar refractivity (Wildman–Crippen MR) is 69.0 cm³/mol. The SMILES string of the molecule is CC(C)c1ncc(NC2(C)CCC2)c(C(=O)O)n1. The molecule has 0 aromatic carbocycles. The molecule has 0 amide bonds. The van der Waals surface area contributed by atoms with Crippen LogP contribution < -0.4 is 5.32 Å². The van der Waals surface area contributed by atoms with E-state index in [1.807, 2.05) is 13.8 Å². The number of carboxylic acid groups (broad SMARTS) is 1. The highest BCUT2D eigenvalue weighted by Gasteiger charge is 2.33. The first-order chi connectivity index (χ1) is 8.41. The van der Waals surface area contributed by atoms with E-state index in [-0.39, 0.29) is 17.2 Å². The molecule has 1 aromatic rings. The molecule has 0 aliphatic heterocycles. The average molecular weight is 249 g/mol. The zero-order valence-corrected chi connectivity index (χ0v) is 11.0. The lowest BCUT2D eigenvalue weighted by atomic mass is 9.78. The molecular formula is C13H19N3O2. The van der Waals surface area contributed by atoms with E-state index in [9.17, 15) is 9.90 Å². The molecule has 5 nitrogen and oxygen atoms in total. The van der Waals surface area contributed by atoms with Crippen molar-refractivity contribution in [3.05, 3.63) is 17.7 Å². The third-order valence-electron chi connectivity index (χ3n) is 3.42. The Hall–Kier alpha value is -1.65.